The van der Waals surface area contributed by atoms with E-state index in [1.807, 2.05) is 28.9 Å². The van der Waals surface area contributed by atoms with Crippen LogP contribution in [0.5, 0.6) is 11.5 Å². The lowest BCUT2D eigenvalue weighted by atomic mass is 10.1. The topological polar surface area (TPSA) is 62.1 Å². The fraction of sp³-hybridized carbons (Fsp3) is 0.278. The molecule has 122 valence electrons. The van der Waals surface area contributed by atoms with Crippen LogP contribution in [0.2, 0.25) is 0 Å². The Balaban J connectivity index is 1.57. The summed E-state index contributed by atoms with van der Waals surface area (Å²) in [4.78, 5) is 8.84. The minimum absolute atomic E-state index is 0.300. The minimum atomic E-state index is 0.300. The molecular weight excluding hydrogens is 304 g/mol. The van der Waals surface area contributed by atoms with Crippen molar-refractivity contribution in [2.75, 3.05) is 6.79 Å². The molecule has 0 bridgehead atoms. The van der Waals surface area contributed by atoms with Gasteiger partial charge in [-0.2, -0.15) is 5.10 Å². The largest absolute Gasteiger partial charge is 0.454 e. The van der Waals surface area contributed by atoms with Crippen molar-refractivity contribution in [3.05, 3.63) is 59.9 Å². The van der Waals surface area contributed by atoms with Crippen LogP contribution in [0.4, 0.5) is 0 Å². The molecule has 0 amide bonds. The summed E-state index contributed by atoms with van der Waals surface area (Å²) in [5, 5.41) is 4.59. The summed E-state index contributed by atoms with van der Waals surface area (Å²) >= 11 is 0. The third-order valence-corrected chi connectivity index (χ3v) is 4.00. The lowest BCUT2D eigenvalue weighted by Crippen LogP contribution is -2.05. The Morgan fingerprint density at radius 3 is 2.88 bits per heavy atom. The lowest BCUT2D eigenvalue weighted by molar-refractivity contribution is 0.174. The molecule has 6 nitrogen and oxygen atoms in total. The first-order valence-corrected chi connectivity index (χ1v) is 8.07. The maximum absolute atomic E-state index is 5.44. The molecule has 6 heteroatoms. The Morgan fingerprint density at radius 1 is 1.12 bits per heavy atom. The number of aromatic nitrogens is 4. The van der Waals surface area contributed by atoms with Gasteiger partial charge in [-0.1, -0.05) is 13.0 Å². The molecule has 0 saturated heterocycles. The van der Waals surface area contributed by atoms with E-state index in [2.05, 4.69) is 28.1 Å². The highest BCUT2D eigenvalue weighted by Gasteiger charge is 2.15. The van der Waals surface area contributed by atoms with E-state index in [-0.39, 0.29) is 0 Å². The predicted molar refractivity (Wildman–Crippen MR) is 88.5 cm³/mol. The van der Waals surface area contributed by atoms with Gasteiger partial charge in [-0.3, -0.25) is 4.98 Å². The van der Waals surface area contributed by atoms with Crippen LogP contribution >= 0.6 is 0 Å². The highest BCUT2D eigenvalue weighted by Crippen LogP contribution is 2.32. The van der Waals surface area contributed by atoms with E-state index in [9.17, 15) is 0 Å². The number of ether oxygens (including phenoxy) is 2. The number of rotatable bonds is 5. The molecule has 3 aromatic rings. The zero-order valence-corrected chi connectivity index (χ0v) is 13.5. The van der Waals surface area contributed by atoms with Crippen molar-refractivity contribution in [2.45, 2.75) is 26.2 Å². The van der Waals surface area contributed by atoms with Crippen LogP contribution < -0.4 is 9.47 Å². The van der Waals surface area contributed by atoms with E-state index in [0.29, 0.717) is 6.79 Å². The number of nitrogens with zero attached hydrogens (tertiary/aromatic N) is 4. The van der Waals surface area contributed by atoms with E-state index in [1.165, 1.54) is 5.56 Å². The molecule has 1 aliphatic heterocycles. The standard InChI is InChI=1S/C18H18N4O2/c1-2-17-20-18(22(21-17)14-4-3-9-19-11-14)8-6-13-5-7-15-16(10-13)24-12-23-15/h3-5,7,9-11H,2,6,8,12H2,1H3. The van der Waals surface area contributed by atoms with E-state index in [0.717, 1.165) is 48.1 Å². The zero-order valence-electron chi connectivity index (χ0n) is 13.5. The van der Waals surface area contributed by atoms with E-state index in [1.54, 1.807) is 12.4 Å². The van der Waals surface area contributed by atoms with Gasteiger partial charge in [-0.15, -0.1) is 0 Å². The van der Waals surface area contributed by atoms with Gasteiger partial charge in [0.25, 0.3) is 0 Å². The summed E-state index contributed by atoms with van der Waals surface area (Å²) in [6.45, 7) is 2.36. The van der Waals surface area contributed by atoms with E-state index >= 15 is 0 Å². The number of pyridine rings is 1. The molecule has 2 aromatic heterocycles. The highest BCUT2D eigenvalue weighted by molar-refractivity contribution is 5.44. The lowest BCUT2D eigenvalue weighted by Gasteiger charge is -2.06. The monoisotopic (exact) mass is 322 g/mol. The second-order valence-electron chi connectivity index (χ2n) is 5.61. The normalized spacial score (nSPS) is 12.5. The van der Waals surface area contributed by atoms with Gasteiger partial charge in [0.2, 0.25) is 6.79 Å². The highest BCUT2D eigenvalue weighted by atomic mass is 16.7. The fourth-order valence-corrected chi connectivity index (χ4v) is 2.74. The average molecular weight is 322 g/mol. The van der Waals surface area contributed by atoms with E-state index < -0.39 is 0 Å². The number of fused-ring (bicyclic) bond motifs is 1. The molecule has 0 radical (unpaired) electrons. The molecule has 0 N–H and O–H groups in total. The van der Waals surface area contributed by atoms with Crippen LogP contribution in [0, 0.1) is 0 Å². The van der Waals surface area contributed by atoms with Crippen LogP contribution in [-0.4, -0.2) is 26.5 Å². The summed E-state index contributed by atoms with van der Waals surface area (Å²) in [6, 6.07) is 9.96. The Bertz CT molecular complexity index is 845. The van der Waals surface area contributed by atoms with Gasteiger partial charge in [-0.05, 0) is 36.2 Å². The first-order chi connectivity index (χ1) is 11.8. The summed E-state index contributed by atoms with van der Waals surface area (Å²) in [5.74, 6) is 3.41. The molecule has 4 rings (SSSR count). The number of benzene rings is 1. The average Bonchev–Trinajstić information content (AvgIpc) is 3.26. The SMILES string of the molecule is CCc1nc(CCc2ccc3c(c2)OCO3)n(-c2cccnc2)n1. The first kappa shape index (κ1) is 14.7. The van der Waals surface area contributed by atoms with Gasteiger partial charge >= 0.3 is 0 Å². The van der Waals surface area contributed by atoms with E-state index in [4.69, 9.17) is 9.47 Å². The third-order valence-electron chi connectivity index (χ3n) is 4.00. The molecule has 1 aromatic carbocycles. The van der Waals surface area contributed by atoms with Crippen molar-refractivity contribution >= 4 is 0 Å². The second kappa shape index (κ2) is 6.31. The van der Waals surface area contributed by atoms with Gasteiger partial charge in [0.05, 0.1) is 11.9 Å². The van der Waals surface area contributed by atoms with Gasteiger partial charge in [0.1, 0.15) is 5.82 Å². The smallest absolute Gasteiger partial charge is 0.231 e. The fourth-order valence-electron chi connectivity index (χ4n) is 2.74. The Hall–Kier alpha value is -2.89. The van der Waals surface area contributed by atoms with Gasteiger partial charge in [-0.25, -0.2) is 9.67 Å². The van der Waals surface area contributed by atoms with Crippen LogP contribution in [0.25, 0.3) is 5.69 Å². The molecular formula is C18H18N4O2. The van der Waals surface area contributed by atoms with Crippen LogP contribution in [0.15, 0.2) is 42.7 Å². The Morgan fingerprint density at radius 2 is 2.04 bits per heavy atom. The Labute approximate surface area is 140 Å². The van der Waals surface area contributed by atoms with Crippen LogP contribution in [0.1, 0.15) is 24.1 Å². The van der Waals surface area contributed by atoms with Crippen molar-refractivity contribution in [3.63, 3.8) is 0 Å². The second-order valence-corrected chi connectivity index (χ2v) is 5.61. The molecule has 3 heterocycles. The Kier molecular flexibility index (Phi) is 3.86. The summed E-state index contributed by atoms with van der Waals surface area (Å²) in [6.07, 6.45) is 6.02. The molecule has 0 aliphatic carbocycles. The maximum atomic E-state index is 5.44. The molecule has 0 unspecified atom stereocenters. The predicted octanol–water partition coefficient (Wildman–Crippen LogP) is 2.74. The summed E-state index contributed by atoms with van der Waals surface area (Å²) < 4.78 is 12.7. The molecule has 24 heavy (non-hydrogen) atoms. The molecule has 0 atom stereocenters. The number of hydrogen-bond donors (Lipinski definition) is 0. The molecule has 0 fully saturated rings. The van der Waals surface area contributed by atoms with Gasteiger partial charge < -0.3 is 9.47 Å². The number of aryl methyl sites for hydroxylation is 3. The first-order valence-electron chi connectivity index (χ1n) is 8.07. The summed E-state index contributed by atoms with van der Waals surface area (Å²) in [7, 11) is 0. The van der Waals surface area contributed by atoms with Crippen molar-refractivity contribution in [1.82, 2.24) is 19.7 Å². The van der Waals surface area contributed by atoms with Gasteiger partial charge in [0, 0.05) is 19.0 Å². The van der Waals surface area contributed by atoms with Crippen LogP contribution in [-0.2, 0) is 19.3 Å². The van der Waals surface area contributed by atoms with Crippen molar-refractivity contribution < 1.29 is 9.47 Å². The molecule has 1 aliphatic rings. The quantitative estimate of drug-likeness (QED) is 0.723. The molecule has 0 saturated carbocycles. The van der Waals surface area contributed by atoms with Crippen molar-refractivity contribution in [1.29, 1.82) is 0 Å². The zero-order chi connectivity index (χ0) is 16.4. The summed E-state index contributed by atoms with van der Waals surface area (Å²) in [5.41, 5.74) is 2.13. The third kappa shape index (κ3) is 2.82. The number of hydrogen-bond acceptors (Lipinski definition) is 5. The van der Waals surface area contributed by atoms with Crippen molar-refractivity contribution in [2.24, 2.45) is 0 Å². The van der Waals surface area contributed by atoms with Crippen molar-refractivity contribution in [3.8, 4) is 17.2 Å². The van der Waals surface area contributed by atoms with Crippen LogP contribution in [0.3, 0.4) is 0 Å². The molecule has 0 spiro atoms. The minimum Gasteiger partial charge on any atom is -0.454 e. The van der Waals surface area contributed by atoms with Gasteiger partial charge in [0.15, 0.2) is 17.3 Å². The maximum Gasteiger partial charge on any atom is 0.231 e.